The smallest absolute Gasteiger partial charge is 0.0991 e. The van der Waals surface area contributed by atoms with Crippen molar-refractivity contribution in [2.24, 2.45) is 17.8 Å². The van der Waals surface area contributed by atoms with Crippen LogP contribution in [0, 0.1) is 17.8 Å². The molecule has 0 N–H and O–H groups in total. The third-order valence-corrected chi connectivity index (χ3v) is 4.13. The molecule has 0 radical (unpaired) electrons. The first-order valence-electron chi connectivity index (χ1n) is 6.48. The Morgan fingerprint density at radius 3 is 2.75 bits per heavy atom. The minimum atomic E-state index is 0.788. The van der Waals surface area contributed by atoms with Crippen molar-refractivity contribution in [1.29, 1.82) is 0 Å². The van der Waals surface area contributed by atoms with E-state index in [0.29, 0.717) is 0 Å². The fraction of sp³-hybridized carbons (Fsp3) is 0.846. The second-order valence-corrected chi connectivity index (χ2v) is 5.27. The average Bonchev–Trinajstić information content (AvgIpc) is 2.92. The standard InChI is InChI=1S/C13H21NO2/c1-2-12-7-11(1)8-13(12)9-16-10-14-3-5-15-6-4-14/h1-2,11-13H,3-10H2/t11-,12+,13+/m1/s1. The van der Waals surface area contributed by atoms with E-state index in [0.717, 1.165) is 57.4 Å². The maximum Gasteiger partial charge on any atom is 0.0991 e. The van der Waals surface area contributed by atoms with Gasteiger partial charge in [0.1, 0.15) is 0 Å². The summed E-state index contributed by atoms with van der Waals surface area (Å²) >= 11 is 0. The zero-order valence-corrected chi connectivity index (χ0v) is 9.81. The molecule has 1 saturated heterocycles. The molecule has 2 bridgehead atoms. The molecule has 3 nitrogen and oxygen atoms in total. The molecule has 3 heteroatoms. The largest absolute Gasteiger partial charge is 0.379 e. The van der Waals surface area contributed by atoms with E-state index in [2.05, 4.69) is 17.1 Å². The summed E-state index contributed by atoms with van der Waals surface area (Å²) in [4.78, 5) is 2.34. The van der Waals surface area contributed by atoms with Crippen LogP contribution in [0.3, 0.4) is 0 Å². The average molecular weight is 223 g/mol. The van der Waals surface area contributed by atoms with Gasteiger partial charge in [0.15, 0.2) is 0 Å². The highest BCUT2D eigenvalue weighted by molar-refractivity contribution is 5.09. The number of fused-ring (bicyclic) bond motifs is 2. The van der Waals surface area contributed by atoms with Crippen molar-refractivity contribution in [2.75, 3.05) is 39.6 Å². The lowest BCUT2D eigenvalue weighted by Crippen LogP contribution is -2.38. The summed E-state index contributed by atoms with van der Waals surface area (Å²) in [5, 5.41) is 0. The normalized spacial score (nSPS) is 38.4. The van der Waals surface area contributed by atoms with Crippen LogP contribution < -0.4 is 0 Å². The van der Waals surface area contributed by atoms with Crippen LogP contribution in [0.1, 0.15) is 12.8 Å². The van der Waals surface area contributed by atoms with Gasteiger partial charge in [-0.15, -0.1) is 0 Å². The molecule has 0 spiro atoms. The van der Waals surface area contributed by atoms with E-state index in [1.54, 1.807) is 0 Å². The SMILES string of the molecule is C1=C[C@H]2C[C@@H]1C[C@H]2COCN1CCOCC1. The van der Waals surface area contributed by atoms with E-state index < -0.39 is 0 Å². The minimum absolute atomic E-state index is 0.788. The van der Waals surface area contributed by atoms with Crippen molar-refractivity contribution in [3.05, 3.63) is 12.2 Å². The van der Waals surface area contributed by atoms with Gasteiger partial charge in [-0.2, -0.15) is 0 Å². The molecule has 0 amide bonds. The van der Waals surface area contributed by atoms with Gasteiger partial charge in [-0.3, -0.25) is 4.90 Å². The van der Waals surface area contributed by atoms with E-state index in [-0.39, 0.29) is 0 Å². The zero-order chi connectivity index (χ0) is 10.8. The van der Waals surface area contributed by atoms with Crippen LogP contribution in [0.4, 0.5) is 0 Å². The Hall–Kier alpha value is -0.380. The lowest BCUT2D eigenvalue weighted by molar-refractivity contribution is -0.0424. The molecular formula is C13H21NO2. The van der Waals surface area contributed by atoms with Gasteiger partial charge in [0.05, 0.1) is 26.6 Å². The van der Waals surface area contributed by atoms with Crippen molar-refractivity contribution in [1.82, 2.24) is 4.90 Å². The van der Waals surface area contributed by atoms with Crippen LogP contribution in [-0.4, -0.2) is 44.5 Å². The van der Waals surface area contributed by atoms with E-state index >= 15 is 0 Å². The summed E-state index contributed by atoms with van der Waals surface area (Å²) in [6.45, 7) is 5.51. The van der Waals surface area contributed by atoms with Gasteiger partial charge in [0.25, 0.3) is 0 Å². The lowest BCUT2D eigenvalue weighted by atomic mass is 9.95. The summed E-state index contributed by atoms with van der Waals surface area (Å²) in [6, 6.07) is 0. The fourth-order valence-electron chi connectivity index (χ4n) is 3.15. The van der Waals surface area contributed by atoms with Crippen molar-refractivity contribution >= 4 is 0 Å². The highest BCUT2D eigenvalue weighted by Gasteiger charge is 2.35. The van der Waals surface area contributed by atoms with Crippen molar-refractivity contribution < 1.29 is 9.47 Å². The number of morpholine rings is 1. The third-order valence-electron chi connectivity index (χ3n) is 4.13. The van der Waals surface area contributed by atoms with E-state index in [1.807, 2.05) is 0 Å². The molecule has 3 atom stereocenters. The Bertz CT molecular complexity index is 261. The van der Waals surface area contributed by atoms with Gasteiger partial charge in [-0.25, -0.2) is 0 Å². The monoisotopic (exact) mass is 223 g/mol. The predicted octanol–water partition coefficient (Wildman–Crippen LogP) is 1.50. The molecule has 2 fully saturated rings. The molecule has 0 aromatic rings. The predicted molar refractivity (Wildman–Crippen MR) is 62.1 cm³/mol. The summed E-state index contributed by atoms with van der Waals surface area (Å²) in [5.74, 6) is 2.47. The number of nitrogens with zero attached hydrogens (tertiary/aromatic N) is 1. The van der Waals surface area contributed by atoms with Crippen molar-refractivity contribution in [3.63, 3.8) is 0 Å². The highest BCUT2D eigenvalue weighted by atomic mass is 16.5. The van der Waals surface area contributed by atoms with E-state index in [9.17, 15) is 0 Å². The summed E-state index contributed by atoms with van der Waals surface area (Å²) in [7, 11) is 0. The number of rotatable bonds is 4. The first kappa shape index (κ1) is 10.8. The van der Waals surface area contributed by atoms with Crippen molar-refractivity contribution in [3.8, 4) is 0 Å². The summed E-state index contributed by atoms with van der Waals surface area (Å²) in [6.07, 6.45) is 7.52. The van der Waals surface area contributed by atoms with Gasteiger partial charge in [-0.1, -0.05) is 12.2 Å². The Morgan fingerprint density at radius 2 is 2.06 bits per heavy atom. The Kier molecular flexibility index (Phi) is 3.27. The maximum atomic E-state index is 5.85. The van der Waals surface area contributed by atoms with Crippen LogP contribution >= 0.6 is 0 Å². The molecule has 3 aliphatic rings. The maximum absolute atomic E-state index is 5.85. The van der Waals surface area contributed by atoms with E-state index in [4.69, 9.17) is 9.47 Å². The molecule has 0 unspecified atom stereocenters. The number of allylic oxidation sites excluding steroid dienone is 2. The highest BCUT2D eigenvalue weighted by Crippen LogP contribution is 2.43. The first-order chi connectivity index (χ1) is 7.92. The van der Waals surface area contributed by atoms with Crippen molar-refractivity contribution in [2.45, 2.75) is 12.8 Å². The molecular weight excluding hydrogens is 202 g/mol. The van der Waals surface area contributed by atoms with Crippen LogP contribution in [0.2, 0.25) is 0 Å². The molecule has 90 valence electrons. The number of ether oxygens (including phenoxy) is 2. The second-order valence-electron chi connectivity index (χ2n) is 5.27. The quantitative estimate of drug-likeness (QED) is 0.674. The third kappa shape index (κ3) is 2.31. The molecule has 0 aromatic heterocycles. The van der Waals surface area contributed by atoms with Gasteiger partial charge in [0.2, 0.25) is 0 Å². The Balaban J connectivity index is 1.36. The number of hydrogen-bond acceptors (Lipinski definition) is 3. The van der Waals surface area contributed by atoms with Gasteiger partial charge in [-0.05, 0) is 30.6 Å². The zero-order valence-electron chi connectivity index (χ0n) is 9.81. The first-order valence-corrected chi connectivity index (χ1v) is 6.48. The molecule has 1 aliphatic heterocycles. The molecule has 0 aromatic carbocycles. The second kappa shape index (κ2) is 4.86. The Morgan fingerprint density at radius 1 is 1.19 bits per heavy atom. The molecule has 16 heavy (non-hydrogen) atoms. The van der Waals surface area contributed by atoms with Crippen LogP contribution in [0.15, 0.2) is 12.2 Å². The van der Waals surface area contributed by atoms with E-state index in [1.165, 1.54) is 12.8 Å². The molecule has 1 saturated carbocycles. The molecule has 2 aliphatic carbocycles. The van der Waals surface area contributed by atoms with Crippen LogP contribution in [-0.2, 0) is 9.47 Å². The molecule has 1 heterocycles. The fourth-order valence-corrected chi connectivity index (χ4v) is 3.15. The van der Waals surface area contributed by atoms with Gasteiger partial charge < -0.3 is 9.47 Å². The number of hydrogen-bond donors (Lipinski definition) is 0. The lowest BCUT2D eigenvalue weighted by Gasteiger charge is -2.27. The topological polar surface area (TPSA) is 21.7 Å². The summed E-state index contributed by atoms with van der Waals surface area (Å²) in [5.41, 5.74) is 0. The Labute approximate surface area is 97.4 Å². The van der Waals surface area contributed by atoms with Crippen LogP contribution in [0.25, 0.3) is 0 Å². The molecule has 3 rings (SSSR count). The van der Waals surface area contributed by atoms with Crippen LogP contribution in [0.5, 0.6) is 0 Å². The minimum Gasteiger partial charge on any atom is -0.379 e. The summed E-state index contributed by atoms with van der Waals surface area (Å²) < 4.78 is 11.2. The van der Waals surface area contributed by atoms with Gasteiger partial charge in [0, 0.05) is 13.1 Å². The van der Waals surface area contributed by atoms with Gasteiger partial charge >= 0.3 is 0 Å².